The first kappa shape index (κ1) is 19.2. The van der Waals surface area contributed by atoms with Crippen LogP contribution >= 0.6 is 0 Å². The minimum Gasteiger partial charge on any atom is -0.508 e. The third kappa shape index (κ3) is 4.97. The first-order chi connectivity index (χ1) is 13.4. The molecule has 0 bridgehead atoms. The maximum atomic E-state index is 12.2. The van der Waals surface area contributed by atoms with Crippen molar-refractivity contribution < 1.29 is 19.4 Å². The van der Waals surface area contributed by atoms with Gasteiger partial charge in [-0.3, -0.25) is 9.59 Å². The van der Waals surface area contributed by atoms with Gasteiger partial charge in [0.15, 0.2) is 6.61 Å². The number of ether oxygens (including phenoxy) is 1. The number of rotatable bonds is 6. The van der Waals surface area contributed by atoms with Crippen molar-refractivity contribution in [2.75, 3.05) is 11.9 Å². The van der Waals surface area contributed by atoms with E-state index in [1.165, 1.54) is 12.1 Å². The first-order valence-electron chi connectivity index (χ1n) is 8.78. The Morgan fingerprint density at radius 1 is 1.07 bits per heavy atom. The standard InChI is InChI=1S/C21H21N3O4/c1-14-3-7-17(8-4-14)24-19(11-15(2)23-24)22-20(26)13-28-21(27)12-16-5-9-18(25)10-6-16/h3-11,25H,12-13H2,1-2H3,(H,22,26). The summed E-state index contributed by atoms with van der Waals surface area (Å²) in [4.78, 5) is 24.1. The molecule has 0 radical (unpaired) electrons. The highest BCUT2D eigenvalue weighted by Crippen LogP contribution is 2.17. The largest absolute Gasteiger partial charge is 0.508 e. The second kappa shape index (κ2) is 8.39. The van der Waals surface area contributed by atoms with Crippen LogP contribution in [-0.4, -0.2) is 33.4 Å². The summed E-state index contributed by atoms with van der Waals surface area (Å²) < 4.78 is 6.67. The summed E-state index contributed by atoms with van der Waals surface area (Å²) in [5.41, 5.74) is 3.38. The molecule has 0 saturated carbocycles. The Bertz CT molecular complexity index is 976. The minimum atomic E-state index is -0.524. The normalized spacial score (nSPS) is 10.5. The van der Waals surface area contributed by atoms with Gasteiger partial charge in [-0.2, -0.15) is 5.10 Å². The van der Waals surface area contributed by atoms with Gasteiger partial charge in [0.2, 0.25) is 0 Å². The highest BCUT2D eigenvalue weighted by atomic mass is 16.5. The van der Waals surface area contributed by atoms with Crippen LogP contribution in [0.25, 0.3) is 5.69 Å². The van der Waals surface area contributed by atoms with E-state index in [0.29, 0.717) is 11.4 Å². The Labute approximate surface area is 162 Å². The molecule has 0 atom stereocenters. The molecular formula is C21H21N3O4. The number of anilines is 1. The van der Waals surface area contributed by atoms with Gasteiger partial charge in [-0.05, 0) is 43.7 Å². The molecule has 7 heteroatoms. The van der Waals surface area contributed by atoms with E-state index in [-0.39, 0.29) is 12.2 Å². The van der Waals surface area contributed by atoms with Crippen LogP contribution in [0, 0.1) is 13.8 Å². The molecular weight excluding hydrogens is 358 g/mol. The molecule has 2 N–H and O–H groups in total. The fourth-order valence-corrected chi connectivity index (χ4v) is 2.63. The fourth-order valence-electron chi connectivity index (χ4n) is 2.63. The number of aromatic nitrogens is 2. The summed E-state index contributed by atoms with van der Waals surface area (Å²) in [6.07, 6.45) is 0.0218. The number of esters is 1. The van der Waals surface area contributed by atoms with Crippen LogP contribution in [0.1, 0.15) is 16.8 Å². The monoisotopic (exact) mass is 379 g/mol. The molecule has 1 amide bonds. The lowest BCUT2D eigenvalue weighted by Crippen LogP contribution is -2.23. The van der Waals surface area contributed by atoms with Gasteiger partial charge in [0.1, 0.15) is 11.6 Å². The van der Waals surface area contributed by atoms with Crippen molar-refractivity contribution in [1.29, 1.82) is 0 Å². The number of nitrogens with zero attached hydrogens (tertiary/aromatic N) is 2. The number of amides is 1. The maximum Gasteiger partial charge on any atom is 0.310 e. The maximum absolute atomic E-state index is 12.2. The molecule has 1 aromatic heterocycles. The lowest BCUT2D eigenvalue weighted by Gasteiger charge is -2.10. The molecule has 0 unspecified atom stereocenters. The summed E-state index contributed by atoms with van der Waals surface area (Å²) in [6.45, 7) is 3.43. The molecule has 7 nitrogen and oxygen atoms in total. The zero-order chi connectivity index (χ0) is 20.1. The molecule has 0 spiro atoms. The second-order valence-corrected chi connectivity index (χ2v) is 6.47. The number of carbonyl (C=O) groups is 2. The summed E-state index contributed by atoms with van der Waals surface area (Å²) >= 11 is 0. The Morgan fingerprint density at radius 3 is 2.43 bits per heavy atom. The van der Waals surface area contributed by atoms with Gasteiger partial charge in [-0.15, -0.1) is 0 Å². The second-order valence-electron chi connectivity index (χ2n) is 6.47. The molecule has 0 saturated heterocycles. The molecule has 144 valence electrons. The lowest BCUT2D eigenvalue weighted by atomic mass is 10.1. The molecule has 0 aliphatic rings. The van der Waals surface area contributed by atoms with Gasteiger partial charge >= 0.3 is 5.97 Å². The van der Waals surface area contributed by atoms with E-state index < -0.39 is 18.5 Å². The number of aromatic hydroxyl groups is 1. The van der Waals surface area contributed by atoms with E-state index in [4.69, 9.17) is 4.74 Å². The number of benzene rings is 2. The summed E-state index contributed by atoms with van der Waals surface area (Å²) in [7, 11) is 0. The predicted molar refractivity (Wildman–Crippen MR) is 104 cm³/mol. The van der Waals surface area contributed by atoms with E-state index >= 15 is 0 Å². The van der Waals surface area contributed by atoms with Crippen molar-refractivity contribution in [3.8, 4) is 11.4 Å². The Balaban J connectivity index is 1.58. The van der Waals surface area contributed by atoms with Crippen molar-refractivity contribution in [3.63, 3.8) is 0 Å². The van der Waals surface area contributed by atoms with Crippen molar-refractivity contribution in [2.24, 2.45) is 0 Å². The van der Waals surface area contributed by atoms with Crippen LogP contribution in [0.4, 0.5) is 5.82 Å². The van der Waals surface area contributed by atoms with Crippen LogP contribution in [0.2, 0.25) is 0 Å². The van der Waals surface area contributed by atoms with Crippen LogP contribution in [0.5, 0.6) is 5.75 Å². The van der Waals surface area contributed by atoms with Crippen LogP contribution < -0.4 is 5.32 Å². The third-order valence-corrected chi connectivity index (χ3v) is 4.03. The van der Waals surface area contributed by atoms with Gasteiger partial charge in [-0.25, -0.2) is 4.68 Å². The van der Waals surface area contributed by atoms with Crippen molar-refractivity contribution in [3.05, 3.63) is 71.4 Å². The summed E-state index contributed by atoms with van der Waals surface area (Å²) in [6, 6.07) is 15.7. The molecule has 0 fully saturated rings. The lowest BCUT2D eigenvalue weighted by molar-refractivity contribution is -0.146. The SMILES string of the molecule is Cc1ccc(-n2nc(C)cc2NC(=O)COC(=O)Cc2ccc(O)cc2)cc1. The van der Waals surface area contributed by atoms with Crippen LogP contribution in [0.3, 0.4) is 0 Å². The van der Waals surface area contributed by atoms with Gasteiger partial charge in [0.25, 0.3) is 5.91 Å². The highest BCUT2D eigenvalue weighted by Gasteiger charge is 2.13. The van der Waals surface area contributed by atoms with Gasteiger partial charge < -0.3 is 15.2 Å². The highest BCUT2D eigenvalue weighted by molar-refractivity contribution is 5.92. The zero-order valence-corrected chi connectivity index (χ0v) is 15.7. The number of hydrogen-bond donors (Lipinski definition) is 2. The van der Waals surface area contributed by atoms with E-state index in [1.54, 1.807) is 22.9 Å². The van der Waals surface area contributed by atoms with Crippen LogP contribution in [0.15, 0.2) is 54.6 Å². The fraction of sp³-hybridized carbons (Fsp3) is 0.190. The first-order valence-corrected chi connectivity index (χ1v) is 8.78. The third-order valence-electron chi connectivity index (χ3n) is 4.03. The van der Waals surface area contributed by atoms with Gasteiger partial charge in [-0.1, -0.05) is 29.8 Å². The van der Waals surface area contributed by atoms with E-state index in [0.717, 1.165) is 16.9 Å². The molecule has 3 rings (SSSR count). The number of phenols is 1. The number of hydrogen-bond acceptors (Lipinski definition) is 5. The molecule has 1 heterocycles. The average Bonchev–Trinajstić information content (AvgIpc) is 3.02. The predicted octanol–water partition coefficient (Wildman–Crippen LogP) is 2.92. The number of phenolic OH excluding ortho intramolecular Hbond substituents is 1. The van der Waals surface area contributed by atoms with E-state index in [9.17, 15) is 14.7 Å². The Morgan fingerprint density at radius 2 is 1.75 bits per heavy atom. The summed E-state index contributed by atoms with van der Waals surface area (Å²) in [5.74, 6) is -0.353. The molecule has 3 aromatic rings. The topological polar surface area (TPSA) is 93.5 Å². The number of carbonyl (C=O) groups excluding carboxylic acids is 2. The summed E-state index contributed by atoms with van der Waals surface area (Å²) in [5, 5.41) is 16.4. The van der Waals surface area contributed by atoms with E-state index in [2.05, 4.69) is 10.4 Å². The molecule has 0 aliphatic heterocycles. The Kier molecular flexibility index (Phi) is 5.74. The smallest absolute Gasteiger partial charge is 0.310 e. The zero-order valence-electron chi connectivity index (χ0n) is 15.7. The average molecular weight is 379 g/mol. The number of aryl methyl sites for hydroxylation is 2. The van der Waals surface area contributed by atoms with Crippen molar-refractivity contribution >= 4 is 17.7 Å². The quantitative estimate of drug-likeness (QED) is 0.643. The van der Waals surface area contributed by atoms with Crippen LogP contribution in [-0.2, 0) is 20.7 Å². The van der Waals surface area contributed by atoms with Crippen molar-refractivity contribution in [1.82, 2.24) is 9.78 Å². The Hall–Kier alpha value is -3.61. The molecule has 0 aliphatic carbocycles. The number of nitrogens with one attached hydrogen (secondary N) is 1. The minimum absolute atomic E-state index is 0.0218. The molecule has 28 heavy (non-hydrogen) atoms. The molecule has 2 aromatic carbocycles. The van der Waals surface area contributed by atoms with Crippen molar-refractivity contribution in [2.45, 2.75) is 20.3 Å². The van der Waals surface area contributed by atoms with Gasteiger partial charge in [0, 0.05) is 6.07 Å². The van der Waals surface area contributed by atoms with Gasteiger partial charge in [0.05, 0.1) is 17.8 Å². The van der Waals surface area contributed by atoms with E-state index in [1.807, 2.05) is 38.1 Å².